The molecule has 5 heteroatoms. The van der Waals surface area contributed by atoms with E-state index in [9.17, 15) is 4.79 Å². The standard InChI is InChI=1S/C11H10Cl2O3/c1-15-11-9(14)5-10(11)16-6-2-3-7(12)8(13)4-6/h2-4,10-11H,5H2,1H3. The van der Waals surface area contributed by atoms with E-state index in [1.807, 2.05) is 0 Å². The number of ether oxygens (including phenoxy) is 2. The van der Waals surface area contributed by atoms with Crippen LogP contribution in [0.4, 0.5) is 0 Å². The molecule has 1 aliphatic carbocycles. The molecule has 0 heterocycles. The van der Waals surface area contributed by atoms with Gasteiger partial charge in [0.2, 0.25) is 0 Å². The first kappa shape index (κ1) is 11.7. The number of hydrogen-bond donors (Lipinski definition) is 0. The van der Waals surface area contributed by atoms with E-state index in [4.69, 9.17) is 32.7 Å². The van der Waals surface area contributed by atoms with Gasteiger partial charge in [-0.2, -0.15) is 0 Å². The Morgan fingerprint density at radius 2 is 2.06 bits per heavy atom. The fourth-order valence-corrected chi connectivity index (χ4v) is 1.87. The van der Waals surface area contributed by atoms with Gasteiger partial charge in [-0.05, 0) is 12.1 Å². The number of halogens is 2. The van der Waals surface area contributed by atoms with Crippen molar-refractivity contribution in [2.75, 3.05) is 7.11 Å². The zero-order chi connectivity index (χ0) is 11.7. The van der Waals surface area contributed by atoms with Crippen molar-refractivity contribution in [3.8, 4) is 5.75 Å². The topological polar surface area (TPSA) is 35.5 Å². The van der Waals surface area contributed by atoms with Gasteiger partial charge in [0, 0.05) is 19.6 Å². The molecule has 0 bridgehead atoms. The zero-order valence-electron chi connectivity index (χ0n) is 8.57. The van der Waals surface area contributed by atoms with Crippen LogP contribution in [-0.4, -0.2) is 25.1 Å². The molecule has 1 aromatic rings. The van der Waals surface area contributed by atoms with Crippen molar-refractivity contribution in [2.24, 2.45) is 0 Å². The van der Waals surface area contributed by atoms with Crippen molar-refractivity contribution in [3.05, 3.63) is 28.2 Å². The Bertz CT molecular complexity index is 420. The molecule has 0 N–H and O–H groups in total. The van der Waals surface area contributed by atoms with Crippen LogP contribution in [0.25, 0.3) is 0 Å². The Hall–Kier alpha value is -0.770. The van der Waals surface area contributed by atoms with Crippen molar-refractivity contribution >= 4 is 29.0 Å². The Balaban J connectivity index is 2.05. The van der Waals surface area contributed by atoms with E-state index in [1.165, 1.54) is 7.11 Å². The second-order valence-electron chi connectivity index (χ2n) is 3.56. The van der Waals surface area contributed by atoms with E-state index < -0.39 is 6.10 Å². The SMILES string of the molecule is COC1C(=O)CC1Oc1ccc(Cl)c(Cl)c1. The lowest BCUT2D eigenvalue weighted by Gasteiger charge is -2.33. The van der Waals surface area contributed by atoms with Crippen LogP contribution in [0, 0.1) is 0 Å². The average Bonchev–Trinajstić information content (AvgIpc) is 2.23. The highest BCUT2D eigenvalue weighted by Crippen LogP contribution is 2.30. The van der Waals surface area contributed by atoms with Crippen LogP contribution in [0.3, 0.4) is 0 Å². The summed E-state index contributed by atoms with van der Waals surface area (Å²) in [7, 11) is 1.49. The molecule has 0 aromatic heterocycles. The molecule has 1 aliphatic rings. The van der Waals surface area contributed by atoms with E-state index in [-0.39, 0.29) is 11.9 Å². The molecule has 2 rings (SSSR count). The fourth-order valence-electron chi connectivity index (χ4n) is 1.58. The number of rotatable bonds is 3. The minimum Gasteiger partial charge on any atom is -0.487 e. The van der Waals surface area contributed by atoms with Crippen molar-refractivity contribution in [1.29, 1.82) is 0 Å². The molecule has 2 unspecified atom stereocenters. The Morgan fingerprint density at radius 1 is 1.31 bits per heavy atom. The van der Waals surface area contributed by atoms with Gasteiger partial charge in [-0.1, -0.05) is 23.2 Å². The number of hydrogen-bond acceptors (Lipinski definition) is 3. The molecule has 1 saturated carbocycles. The molecule has 86 valence electrons. The first-order valence-corrected chi connectivity index (χ1v) is 5.54. The summed E-state index contributed by atoms with van der Waals surface area (Å²) in [6.45, 7) is 0. The number of Topliss-reactive ketones (excluding diaryl/α,β-unsaturated/α-hetero) is 1. The van der Waals surface area contributed by atoms with Gasteiger partial charge in [0.15, 0.2) is 11.9 Å². The summed E-state index contributed by atoms with van der Waals surface area (Å²) in [5.74, 6) is 0.654. The van der Waals surface area contributed by atoms with Crippen LogP contribution < -0.4 is 4.74 Å². The van der Waals surface area contributed by atoms with E-state index in [0.717, 1.165) is 0 Å². The summed E-state index contributed by atoms with van der Waals surface area (Å²) in [6, 6.07) is 4.99. The highest BCUT2D eigenvalue weighted by atomic mass is 35.5. The predicted molar refractivity (Wildman–Crippen MR) is 61.3 cm³/mol. The number of methoxy groups -OCH3 is 1. The maximum atomic E-state index is 11.1. The number of benzene rings is 1. The Kier molecular flexibility index (Phi) is 3.38. The van der Waals surface area contributed by atoms with Crippen LogP contribution in [0.2, 0.25) is 10.0 Å². The molecule has 0 saturated heterocycles. The lowest BCUT2D eigenvalue weighted by molar-refractivity contribution is -0.150. The van der Waals surface area contributed by atoms with Crippen LogP contribution in [0.5, 0.6) is 5.75 Å². The van der Waals surface area contributed by atoms with Gasteiger partial charge < -0.3 is 9.47 Å². The molecule has 0 amide bonds. The summed E-state index contributed by atoms with van der Waals surface area (Å²) in [6.07, 6.45) is -0.317. The van der Waals surface area contributed by atoms with Gasteiger partial charge in [-0.15, -0.1) is 0 Å². The van der Waals surface area contributed by atoms with Crippen LogP contribution in [-0.2, 0) is 9.53 Å². The van der Waals surface area contributed by atoms with Gasteiger partial charge in [0.05, 0.1) is 10.0 Å². The monoisotopic (exact) mass is 260 g/mol. The summed E-state index contributed by atoms with van der Waals surface area (Å²) in [4.78, 5) is 11.1. The molecular weight excluding hydrogens is 251 g/mol. The van der Waals surface area contributed by atoms with E-state index in [0.29, 0.717) is 22.2 Å². The first-order valence-electron chi connectivity index (χ1n) is 4.79. The summed E-state index contributed by atoms with van der Waals surface area (Å²) < 4.78 is 10.6. The van der Waals surface area contributed by atoms with Crippen molar-refractivity contribution in [1.82, 2.24) is 0 Å². The predicted octanol–water partition coefficient (Wildman–Crippen LogP) is 2.73. The maximum Gasteiger partial charge on any atom is 0.169 e. The normalized spacial score (nSPS) is 24.1. The average molecular weight is 261 g/mol. The third-order valence-corrected chi connectivity index (χ3v) is 3.23. The van der Waals surface area contributed by atoms with E-state index >= 15 is 0 Å². The van der Waals surface area contributed by atoms with Gasteiger partial charge in [-0.3, -0.25) is 4.79 Å². The molecule has 16 heavy (non-hydrogen) atoms. The van der Waals surface area contributed by atoms with Gasteiger partial charge in [0.25, 0.3) is 0 Å². The minimum absolute atomic E-state index is 0.0626. The minimum atomic E-state index is -0.463. The molecule has 1 aromatic carbocycles. The van der Waals surface area contributed by atoms with E-state index in [2.05, 4.69) is 0 Å². The Labute approximate surface area is 103 Å². The van der Waals surface area contributed by atoms with Crippen molar-refractivity contribution in [2.45, 2.75) is 18.6 Å². The molecule has 0 radical (unpaired) electrons. The highest BCUT2D eigenvalue weighted by molar-refractivity contribution is 6.42. The largest absolute Gasteiger partial charge is 0.487 e. The number of carbonyl (C=O) groups is 1. The second-order valence-corrected chi connectivity index (χ2v) is 4.37. The lowest BCUT2D eigenvalue weighted by atomic mass is 9.90. The van der Waals surface area contributed by atoms with Gasteiger partial charge in [0.1, 0.15) is 11.9 Å². The zero-order valence-corrected chi connectivity index (χ0v) is 10.1. The molecule has 0 spiro atoms. The maximum absolute atomic E-state index is 11.1. The summed E-state index contributed by atoms with van der Waals surface area (Å²) in [5, 5.41) is 0.903. The van der Waals surface area contributed by atoms with Crippen LogP contribution in [0.15, 0.2) is 18.2 Å². The van der Waals surface area contributed by atoms with Crippen LogP contribution >= 0.6 is 23.2 Å². The van der Waals surface area contributed by atoms with Gasteiger partial charge in [-0.25, -0.2) is 0 Å². The fraction of sp³-hybridized carbons (Fsp3) is 0.364. The summed E-state index contributed by atoms with van der Waals surface area (Å²) in [5.41, 5.74) is 0. The second kappa shape index (κ2) is 4.62. The van der Waals surface area contributed by atoms with Crippen molar-refractivity contribution < 1.29 is 14.3 Å². The quantitative estimate of drug-likeness (QED) is 0.839. The molecule has 3 nitrogen and oxygen atoms in total. The molecule has 2 atom stereocenters. The molecule has 0 aliphatic heterocycles. The first-order chi connectivity index (χ1) is 7.61. The molecule has 1 fully saturated rings. The van der Waals surface area contributed by atoms with Crippen LogP contribution in [0.1, 0.15) is 6.42 Å². The smallest absolute Gasteiger partial charge is 0.169 e. The number of ketones is 1. The highest BCUT2D eigenvalue weighted by Gasteiger charge is 2.41. The Morgan fingerprint density at radius 3 is 2.62 bits per heavy atom. The third-order valence-electron chi connectivity index (χ3n) is 2.49. The molecular formula is C11H10Cl2O3. The van der Waals surface area contributed by atoms with Crippen molar-refractivity contribution in [3.63, 3.8) is 0 Å². The van der Waals surface area contributed by atoms with E-state index in [1.54, 1.807) is 18.2 Å². The summed E-state index contributed by atoms with van der Waals surface area (Å²) >= 11 is 11.6. The lowest BCUT2D eigenvalue weighted by Crippen LogP contribution is -2.51. The third kappa shape index (κ3) is 2.17. The van der Waals surface area contributed by atoms with Gasteiger partial charge >= 0.3 is 0 Å². The number of carbonyl (C=O) groups excluding carboxylic acids is 1.